The van der Waals surface area contributed by atoms with Crippen LogP contribution in [0, 0.1) is 0 Å². The van der Waals surface area contributed by atoms with Crippen molar-refractivity contribution in [2.24, 2.45) is 0 Å². The maximum Gasteiger partial charge on any atom is 0.143 e. The molecular formula is C28H23N3OS. The van der Waals surface area contributed by atoms with E-state index in [1.807, 2.05) is 54.6 Å². The Balaban J connectivity index is 1.30. The fourth-order valence-corrected chi connectivity index (χ4v) is 5.37. The van der Waals surface area contributed by atoms with Crippen LogP contribution in [0.3, 0.4) is 0 Å². The van der Waals surface area contributed by atoms with E-state index < -0.39 is 0 Å². The first kappa shape index (κ1) is 19.9. The van der Waals surface area contributed by atoms with E-state index in [4.69, 9.17) is 4.74 Å². The van der Waals surface area contributed by atoms with Gasteiger partial charge in [-0.15, -0.1) is 11.3 Å². The highest BCUT2D eigenvalue weighted by Gasteiger charge is 2.16. The molecule has 5 aromatic rings. The number of ether oxygens (including phenoxy) is 1. The molecule has 33 heavy (non-hydrogen) atoms. The summed E-state index contributed by atoms with van der Waals surface area (Å²) in [6, 6.07) is 24.7. The van der Waals surface area contributed by atoms with E-state index >= 15 is 0 Å². The van der Waals surface area contributed by atoms with Gasteiger partial charge < -0.3 is 10.1 Å². The second kappa shape index (κ2) is 8.68. The molecule has 0 fully saturated rings. The van der Waals surface area contributed by atoms with Gasteiger partial charge in [-0.1, -0.05) is 36.4 Å². The molecule has 0 unspecified atom stereocenters. The molecular weight excluding hydrogens is 426 g/mol. The number of anilines is 2. The van der Waals surface area contributed by atoms with E-state index in [0.29, 0.717) is 0 Å². The maximum atomic E-state index is 5.91. The monoisotopic (exact) mass is 449 g/mol. The number of thiophene rings is 1. The fourth-order valence-electron chi connectivity index (χ4n) is 4.45. The third kappa shape index (κ3) is 4.08. The molecule has 0 aliphatic heterocycles. The molecule has 0 atom stereocenters. The summed E-state index contributed by atoms with van der Waals surface area (Å²) < 4.78 is 5.91. The smallest absolute Gasteiger partial charge is 0.143 e. The van der Waals surface area contributed by atoms with Crippen molar-refractivity contribution in [3.8, 4) is 22.6 Å². The first-order valence-corrected chi connectivity index (χ1v) is 12.2. The van der Waals surface area contributed by atoms with Crippen molar-refractivity contribution >= 4 is 33.1 Å². The van der Waals surface area contributed by atoms with E-state index in [1.54, 1.807) is 17.7 Å². The van der Waals surface area contributed by atoms with Gasteiger partial charge in [-0.25, -0.2) is 9.97 Å². The van der Waals surface area contributed by atoms with Gasteiger partial charge >= 0.3 is 0 Å². The van der Waals surface area contributed by atoms with Gasteiger partial charge in [0.2, 0.25) is 0 Å². The number of hydrogen-bond donors (Lipinski definition) is 1. The zero-order chi connectivity index (χ0) is 22.0. The average molecular weight is 450 g/mol. The molecule has 0 saturated heterocycles. The summed E-state index contributed by atoms with van der Waals surface area (Å²) in [5.74, 6) is 2.44. The number of nitrogens with zero attached hydrogens (tertiary/aromatic N) is 2. The Morgan fingerprint density at radius 3 is 2.42 bits per heavy atom. The van der Waals surface area contributed by atoms with Crippen molar-refractivity contribution in [1.82, 2.24) is 9.97 Å². The van der Waals surface area contributed by atoms with Gasteiger partial charge in [0.1, 0.15) is 28.5 Å². The average Bonchev–Trinajstić information content (AvgIpc) is 3.31. The maximum absolute atomic E-state index is 5.91. The molecule has 0 amide bonds. The van der Waals surface area contributed by atoms with Crippen LogP contribution in [0.4, 0.5) is 11.5 Å². The molecule has 5 heteroatoms. The molecule has 1 aliphatic carbocycles. The van der Waals surface area contributed by atoms with Crippen LogP contribution in [0.5, 0.6) is 11.5 Å². The second-order valence-corrected chi connectivity index (χ2v) is 9.16. The van der Waals surface area contributed by atoms with Crippen molar-refractivity contribution in [3.63, 3.8) is 0 Å². The van der Waals surface area contributed by atoms with Crippen LogP contribution < -0.4 is 10.1 Å². The molecule has 1 N–H and O–H groups in total. The van der Waals surface area contributed by atoms with Gasteiger partial charge in [0.25, 0.3) is 0 Å². The van der Waals surface area contributed by atoms with E-state index in [1.165, 1.54) is 47.9 Å². The van der Waals surface area contributed by atoms with E-state index in [9.17, 15) is 0 Å². The number of aryl methyl sites for hydroxylation is 2. The van der Waals surface area contributed by atoms with Crippen LogP contribution in [-0.2, 0) is 12.8 Å². The van der Waals surface area contributed by atoms with Crippen LogP contribution in [0.15, 0.2) is 84.5 Å². The Kier molecular flexibility index (Phi) is 5.25. The summed E-state index contributed by atoms with van der Waals surface area (Å²) in [7, 11) is 0. The summed E-state index contributed by atoms with van der Waals surface area (Å²) in [5.41, 5.74) is 6.37. The predicted molar refractivity (Wildman–Crippen MR) is 136 cm³/mol. The van der Waals surface area contributed by atoms with Gasteiger partial charge in [-0.2, -0.15) is 0 Å². The number of aromatic nitrogens is 2. The van der Waals surface area contributed by atoms with Gasteiger partial charge in [-0.3, -0.25) is 0 Å². The lowest BCUT2D eigenvalue weighted by atomic mass is 9.89. The van der Waals surface area contributed by atoms with Gasteiger partial charge in [0.15, 0.2) is 0 Å². The van der Waals surface area contributed by atoms with Crippen LogP contribution in [0.25, 0.3) is 21.3 Å². The van der Waals surface area contributed by atoms with Crippen molar-refractivity contribution in [2.75, 3.05) is 5.32 Å². The normalized spacial score (nSPS) is 13.0. The number of fused-ring (bicyclic) bond motifs is 2. The number of nitrogens with one attached hydrogen (secondary N) is 1. The Morgan fingerprint density at radius 1 is 0.788 bits per heavy atom. The molecule has 6 rings (SSSR count). The molecule has 1 aliphatic rings. The molecule has 2 heterocycles. The highest BCUT2D eigenvalue weighted by atomic mass is 32.1. The lowest BCUT2D eigenvalue weighted by molar-refractivity contribution is 0.483. The van der Waals surface area contributed by atoms with E-state index in [0.717, 1.165) is 33.2 Å². The summed E-state index contributed by atoms with van der Waals surface area (Å²) in [6.07, 6.45) is 6.57. The summed E-state index contributed by atoms with van der Waals surface area (Å²) in [5, 5.41) is 6.77. The second-order valence-electron chi connectivity index (χ2n) is 8.31. The number of para-hydroxylation sites is 1. The standard InChI is InChI=1S/C28H23N3OS/c1-2-8-23(9-3-1)32-24-14-12-22(13-15-24)31-27-26-25(17-33-28(26)30-18-29-27)21-11-10-19-6-4-5-7-20(19)16-21/h1-3,8-18H,4-7H2,(H,29,30,31). The molecule has 0 spiro atoms. The third-order valence-electron chi connectivity index (χ3n) is 6.13. The highest BCUT2D eigenvalue weighted by molar-refractivity contribution is 7.17. The van der Waals surface area contributed by atoms with Gasteiger partial charge in [0.05, 0.1) is 5.39 Å². The van der Waals surface area contributed by atoms with E-state index in [-0.39, 0.29) is 0 Å². The van der Waals surface area contributed by atoms with Crippen LogP contribution in [-0.4, -0.2) is 9.97 Å². The Hall–Kier alpha value is -3.70. The quantitative estimate of drug-likeness (QED) is 0.298. The lowest BCUT2D eigenvalue weighted by Gasteiger charge is -2.16. The third-order valence-corrected chi connectivity index (χ3v) is 7.01. The molecule has 0 radical (unpaired) electrons. The van der Waals surface area contributed by atoms with Crippen LogP contribution in [0.2, 0.25) is 0 Å². The Bertz CT molecular complexity index is 1410. The zero-order valence-corrected chi connectivity index (χ0v) is 18.9. The molecule has 0 bridgehead atoms. The molecule has 2 aromatic heterocycles. The summed E-state index contributed by atoms with van der Waals surface area (Å²) >= 11 is 1.66. The van der Waals surface area contributed by atoms with Crippen LogP contribution >= 0.6 is 11.3 Å². The van der Waals surface area contributed by atoms with Gasteiger partial charge in [-0.05, 0) is 78.8 Å². The molecule has 3 aromatic carbocycles. The minimum atomic E-state index is 0.796. The minimum absolute atomic E-state index is 0.796. The van der Waals surface area contributed by atoms with Crippen molar-refractivity contribution in [2.45, 2.75) is 25.7 Å². The van der Waals surface area contributed by atoms with Crippen molar-refractivity contribution in [3.05, 3.63) is 95.6 Å². The topological polar surface area (TPSA) is 47.0 Å². The number of hydrogen-bond acceptors (Lipinski definition) is 5. The Morgan fingerprint density at radius 2 is 1.58 bits per heavy atom. The first-order valence-electron chi connectivity index (χ1n) is 11.3. The molecule has 0 saturated carbocycles. The minimum Gasteiger partial charge on any atom is -0.457 e. The van der Waals surface area contributed by atoms with Crippen molar-refractivity contribution in [1.29, 1.82) is 0 Å². The zero-order valence-electron chi connectivity index (χ0n) is 18.1. The number of benzene rings is 3. The number of rotatable bonds is 5. The predicted octanol–water partition coefficient (Wildman–Crippen LogP) is 7.77. The van der Waals surface area contributed by atoms with Gasteiger partial charge in [0, 0.05) is 16.6 Å². The molecule has 4 nitrogen and oxygen atoms in total. The van der Waals surface area contributed by atoms with E-state index in [2.05, 4.69) is 38.9 Å². The SMILES string of the molecule is c1ccc(Oc2ccc(Nc3ncnc4scc(-c5ccc6c(c5)CCCC6)c34)cc2)cc1. The van der Waals surface area contributed by atoms with Crippen LogP contribution in [0.1, 0.15) is 24.0 Å². The summed E-state index contributed by atoms with van der Waals surface area (Å²) in [6.45, 7) is 0. The fraction of sp³-hybridized carbons (Fsp3) is 0.143. The lowest BCUT2D eigenvalue weighted by Crippen LogP contribution is -2.02. The van der Waals surface area contributed by atoms with Crippen molar-refractivity contribution < 1.29 is 4.74 Å². The largest absolute Gasteiger partial charge is 0.457 e. The molecule has 162 valence electrons. The highest BCUT2D eigenvalue weighted by Crippen LogP contribution is 2.39. The Labute approximate surface area is 196 Å². The summed E-state index contributed by atoms with van der Waals surface area (Å²) in [4.78, 5) is 10.1. The first-order chi connectivity index (χ1) is 16.3.